The van der Waals surface area contributed by atoms with Crippen molar-refractivity contribution in [1.82, 2.24) is 0 Å². The Bertz CT molecular complexity index is 1000. The second-order valence-electron chi connectivity index (χ2n) is 6.06. The standard InChI is InChI=1S/C21H16F3N3O2/c22-21(23,24)15-6-4-5-14(13-15)19(28)25-17-9-11-18(12-10-17)27-20(29)26-16-7-2-1-3-8-16/h1-13H,(H,25,28)(H2,26,27,29). The Morgan fingerprint density at radius 2 is 1.21 bits per heavy atom. The highest BCUT2D eigenvalue weighted by Crippen LogP contribution is 2.29. The van der Waals surface area contributed by atoms with Gasteiger partial charge in [0.2, 0.25) is 0 Å². The van der Waals surface area contributed by atoms with Gasteiger partial charge in [0.1, 0.15) is 0 Å². The predicted molar refractivity (Wildman–Crippen MR) is 105 cm³/mol. The van der Waals surface area contributed by atoms with Crippen molar-refractivity contribution in [3.8, 4) is 0 Å². The topological polar surface area (TPSA) is 70.2 Å². The van der Waals surface area contributed by atoms with E-state index in [4.69, 9.17) is 0 Å². The van der Waals surface area contributed by atoms with Crippen LogP contribution in [0.4, 0.5) is 35.0 Å². The molecule has 0 atom stereocenters. The molecule has 0 saturated carbocycles. The van der Waals surface area contributed by atoms with Crippen molar-refractivity contribution >= 4 is 29.0 Å². The lowest BCUT2D eigenvalue weighted by Crippen LogP contribution is -2.19. The lowest BCUT2D eigenvalue weighted by Gasteiger charge is -2.10. The number of benzene rings is 3. The van der Waals surface area contributed by atoms with Gasteiger partial charge in [0.05, 0.1) is 5.56 Å². The summed E-state index contributed by atoms with van der Waals surface area (Å²) in [5, 5.41) is 7.83. The first-order chi connectivity index (χ1) is 13.8. The average Bonchev–Trinajstić information content (AvgIpc) is 2.69. The molecule has 0 bridgehead atoms. The van der Waals surface area contributed by atoms with Crippen LogP contribution in [0.3, 0.4) is 0 Å². The van der Waals surface area contributed by atoms with Gasteiger partial charge in [-0.3, -0.25) is 4.79 Å². The van der Waals surface area contributed by atoms with Crippen LogP contribution in [-0.4, -0.2) is 11.9 Å². The average molecular weight is 399 g/mol. The van der Waals surface area contributed by atoms with Gasteiger partial charge >= 0.3 is 12.2 Å². The molecule has 8 heteroatoms. The SMILES string of the molecule is O=C(Nc1ccccc1)Nc1ccc(NC(=O)c2cccc(C(F)(F)F)c2)cc1. The summed E-state index contributed by atoms with van der Waals surface area (Å²) in [5.74, 6) is -0.668. The molecule has 0 aliphatic rings. The first kappa shape index (κ1) is 19.9. The van der Waals surface area contributed by atoms with E-state index in [2.05, 4.69) is 16.0 Å². The molecule has 3 N–H and O–H groups in total. The van der Waals surface area contributed by atoms with Crippen LogP contribution in [0.25, 0.3) is 0 Å². The van der Waals surface area contributed by atoms with E-state index in [1.54, 1.807) is 36.4 Å². The highest BCUT2D eigenvalue weighted by Gasteiger charge is 2.30. The Morgan fingerprint density at radius 1 is 0.655 bits per heavy atom. The summed E-state index contributed by atoms with van der Waals surface area (Å²) in [5.41, 5.74) is 0.491. The highest BCUT2D eigenvalue weighted by atomic mass is 19.4. The van der Waals surface area contributed by atoms with Gasteiger partial charge in [0, 0.05) is 22.6 Å². The smallest absolute Gasteiger partial charge is 0.322 e. The van der Waals surface area contributed by atoms with Crippen LogP contribution in [-0.2, 0) is 6.18 Å². The van der Waals surface area contributed by atoms with Crippen LogP contribution in [0.2, 0.25) is 0 Å². The number of amides is 3. The molecular weight excluding hydrogens is 383 g/mol. The maximum atomic E-state index is 12.8. The second kappa shape index (κ2) is 8.47. The van der Waals surface area contributed by atoms with E-state index in [1.807, 2.05) is 6.07 Å². The molecule has 0 aliphatic heterocycles. The van der Waals surface area contributed by atoms with Crippen molar-refractivity contribution in [3.05, 3.63) is 90.0 Å². The van der Waals surface area contributed by atoms with Gasteiger partial charge in [-0.2, -0.15) is 13.2 Å². The normalized spacial score (nSPS) is 10.9. The fourth-order valence-corrected chi connectivity index (χ4v) is 2.49. The summed E-state index contributed by atoms with van der Waals surface area (Å²) in [7, 11) is 0. The van der Waals surface area contributed by atoms with E-state index in [9.17, 15) is 22.8 Å². The zero-order valence-corrected chi connectivity index (χ0v) is 15.0. The molecule has 0 heterocycles. The number of rotatable bonds is 4. The third-order valence-corrected chi connectivity index (χ3v) is 3.88. The van der Waals surface area contributed by atoms with Crippen molar-refractivity contribution in [3.63, 3.8) is 0 Å². The lowest BCUT2D eigenvalue weighted by molar-refractivity contribution is -0.137. The molecule has 0 fully saturated rings. The van der Waals surface area contributed by atoms with E-state index in [0.29, 0.717) is 17.1 Å². The van der Waals surface area contributed by atoms with Crippen molar-refractivity contribution < 1.29 is 22.8 Å². The first-order valence-corrected chi connectivity index (χ1v) is 8.53. The minimum Gasteiger partial charge on any atom is -0.322 e. The molecule has 0 aliphatic carbocycles. The van der Waals surface area contributed by atoms with Crippen molar-refractivity contribution in [2.45, 2.75) is 6.18 Å². The third kappa shape index (κ3) is 5.58. The Morgan fingerprint density at radius 3 is 1.79 bits per heavy atom. The molecule has 3 rings (SSSR count). The number of urea groups is 1. The molecule has 29 heavy (non-hydrogen) atoms. The van der Waals surface area contributed by atoms with Crippen LogP contribution >= 0.6 is 0 Å². The number of carbonyl (C=O) groups is 2. The summed E-state index contributed by atoms with van der Waals surface area (Å²) in [6.45, 7) is 0. The number of halogens is 3. The molecule has 0 unspecified atom stereocenters. The van der Waals surface area contributed by atoms with Gasteiger partial charge in [-0.1, -0.05) is 24.3 Å². The Kier molecular flexibility index (Phi) is 5.82. The number of hydrogen-bond donors (Lipinski definition) is 3. The molecule has 3 aromatic carbocycles. The highest BCUT2D eigenvalue weighted by molar-refractivity contribution is 6.04. The Hall–Kier alpha value is -3.81. The summed E-state index contributed by atoms with van der Waals surface area (Å²) in [6, 6.07) is 18.8. The van der Waals surface area contributed by atoms with Crippen molar-refractivity contribution in [1.29, 1.82) is 0 Å². The lowest BCUT2D eigenvalue weighted by atomic mass is 10.1. The summed E-state index contributed by atoms with van der Waals surface area (Å²) in [4.78, 5) is 24.2. The fraction of sp³-hybridized carbons (Fsp3) is 0.0476. The maximum absolute atomic E-state index is 12.8. The second-order valence-corrected chi connectivity index (χ2v) is 6.06. The molecule has 0 aromatic heterocycles. The minimum atomic E-state index is -4.52. The summed E-state index contributed by atoms with van der Waals surface area (Å²) >= 11 is 0. The maximum Gasteiger partial charge on any atom is 0.416 e. The van der Waals surface area contributed by atoms with Crippen LogP contribution in [0, 0.1) is 0 Å². The minimum absolute atomic E-state index is 0.107. The van der Waals surface area contributed by atoms with Gasteiger partial charge in [0.15, 0.2) is 0 Å². The summed E-state index contributed by atoms with van der Waals surface area (Å²) < 4.78 is 38.3. The number of alkyl halides is 3. The molecule has 148 valence electrons. The van der Waals surface area contributed by atoms with E-state index in [0.717, 1.165) is 12.1 Å². The van der Waals surface area contributed by atoms with Gasteiger partial charge in [-0.15, -0.1) is 0 Å². The van der Waals surface area contributed by atoms with Crippen LogP contribution in [0.5, 0.6) is 0 Å². The summed E-state index contributed by atoms with van der Waals surface area (Å²) in [6.07, 6.45) is -4.52. The molecule has 3 amide bonds. The molecule has 0 saturated heterocycles. The number of para-hydroxylation sites is 1. The monoisotopic (exact) mass is 399 g/mol. The quantitative estimate of drug-likeness (QED) is 0.534. The van der Waals surface area contributed by atoms with E-state index < -0.39 is 23.7 Å². The van der Waals surface area contributed by atoms with Gasteiger partial charge in [-0.05, 0) is 54.6 Å². The Labute approximate surface area is 164 Å². The third-order valence-electron chi connectivity index (χ3n) is 3.88. The van der Waals surface area contributed by atoms with Gasteiger partial charge in [-0.25, -0.2) is 4.79 Å². The molecule has 3 aromatic rings. The van der Waals surface area contributed by atoms with Crippen molar-refractivity contribution in [2.75, 3.05) is 16.0 Å². The van der Waals surface area contributed by atoms with Gasteiger partial charge in [0.25, 0.3) is 5.91 Å². The first-order valence-electron chi connectivity index (χ1n) is 8.53. The predicted octanol–water partition coefficient (Wildman–Crippen LogP) is 5.60. The number of carbonyl (C=O) groups excluding carboxylic acids is 2. The molecular formula is C21H16F3N3O2. The Balaban J connectivity index is 1.60. The van der Waals surface area contributed by atoms with Crippen LogP contribution in [0.1, 0.15) is 15.9 Å². The molecule has 0 radical (unpaired) electrons. The number of nitrogens with one attached hydrogen (secondary N) is 3. The molecule has 0 spiro atoms. The number of hydrogen-bond acceptors (Lipinski definition) is 2. The number of anilines is 3. The van der Waals surface area contributed by atoms with Crippen molar-refractivity contribution in [2.24, 2.45) is 0 Å². The largest absolute Gasteiger partial charge is 0.416 e. The zero-order valence-electron chi connectivity index (χ0n) is 15.0. The van der Waals surface area contributed by atoms with E-state index >= 15 is 0 Å². The van der Waals surface area contributed by atoms with Crippen LogP contribution < -0.4 is 16.0 Å². The molecule has 5 nitrogen and oxygen atoms in total. The van der Waals surface area contributed by atoms with Gasteiger partial charge < -0.3 is 16.0 Å². The zero-order chi connectivity index (χ0) is 20.9. The fourth-order valence-electron chi connectivity index (χ4n) is 2.49. The van der Waals surface area contributed by atoms with E-state index in [-0.39, 0.29) is 5.56 Å². The van der Waals surface area contributed by atoms with Crippen LogP contribution in [0.15, 0.2) is 78.9 Å². The van der Waals surface area contributed by atoms with E-state index in [1.165, 1.54) is 24.3 Å².